The summed E-state index contributed by atoms with van der Waals surface area (Å²) in [6.45, 7) is 0. The van der Waals surface area contributed by atoms with Crippen molar-refractivity contribution in [3.63, 3.8) is 0 Å². The summed E-state index contributed by atoms with van der Waals surface area (Å²) >= 11 is 3.16. The van der Waals surface area contributed by atoms with Gasteiger partial charge in [-0.05, 0) is 40.9 Å². The lowest BCUT2D eigenvalue weighted by molar-refractivity contribution is -0.158. The molecule has 22 heavy (non-hydrogen) atoms. The largest absolute Gasteiger partial charge is 0.508 e. The van der Waals surface area contributed by atoms with Crippen LogP contribution in [0.2, 0.25) is 0 Å². The van der Waals surface area contributed by atoms with Gasteiger partial charge in [-0.25, -0.2) is 0 Å². The Morgan fingerprint density at radius 3 is 2.50 bits per heavy atom. The minimum atomic E-state index is -1.29. The lowest BCUT2D eigenvalue weighted by atomic mass is 9.63. The highest BCUT2D eigenvalue weighted by Crippen LogP contribution is 2.49. The fourth-order valence-corrected chi connectivity index (χ4v) is 4.05. The number of carbonyl (C=O) groups excluding carboxylic acids is 4. The van der Waals surface area contributed by atoms with Crippen molar-refractivity contribution in [2.24, 2.45) is 5.92 Å². The Kier molecular flexibility index (Phi) is 2.41. The number of benzene rings is 1. The Balaban J connectivity index is 1.82. The van der Waals surface area contributed by atoms with E-state index >= 15 is 0 Å². The van der Waals surface area contributed by atoms with Crippen LogP contribution in [0.25, 0.3) is 0 Å². The standard InChI is InChI=1S/C14H9BrN2O5/c15-8-2-6(18)1-7-9(8)12(21)17(11(7)20)14-3-5(4-14)10(19)16-13(14)22/h1-2,5,18H,3-4H2,(H,16,19,22). The Labute approximate surface area is 132 Å². The number of halogens is 1. The zero-order valence-corrected chi connectivity index (χ0v) is 12.6. The number of fused-ring (bicyclic) bond motifs is 3. The van der Waals surface area contributed by atoms with Crippen molar-refractivity contribution >= 4 is 39.6 Å². The highest BCUT2D eigenvalue weighted by Gasteiger charge is 2.65. The summed E-state index contributed by atoms with van der Waals surface area (Å²) in [5.74, 6) is -2.69. The minimum Gasteiger partial charge on any atom is -0.508 e. The van der Waals surface area contributed by atoms with E-state index in [2.05, 4.69) is 21.2 Å². The van der Waals surface area contributed by atoms with Gasteiger partial charge in [-0.1, -0.05) is 0 Å². The van der Waals surface area contributed by atoms with Crippen LogP contribution in [0.4, 0.5) is 0 Å². The highest BCUT2D eigenvalue weighted by molar-refractivity contribution is 9.10. The van der Waals surface area contributed by atoms with E-state index in [1.165, 1.54) is 12.1 Å². The monoisotopic (exact) mass is 364 g/mol. The van der Waals surface area contributed by atoms with Crippen LogP contribution in [0.3, 0.4) is 0 Å². The third kappa shape index (κ3) is 1.40. The summed E-state index contributed by atoms with van der Waals surface area (Å²) in [6, 6.07) is 2.53. The molecule has 1 saturated carbocycles. The summed E-state index contributed by atoms with van der Waals surface area (Å²) in [5.41, 5.74) is -1.11. The van der Waals surface area contributed by atoms with Gasteiger partial charge in [0.2, 0.25) is 5.91 Å². The number of hydrogen-bond donors (Lipinski definition) is 2. The predicted molar refractivity (Wildman–Crippen MR) is 74.9 cm³/mol. The number of nitrogens with zero attached hydrogens (tertiary/aromatic N) is 1. The molecular formula is C14H9BrN2O5. The second kappa shape index (κ2) is 3.95. The maximum atomic E-state index is 12.6. The van der Waals surface area contributed by atoms with Crippen LogP contribution >= 0.6 is 15.9 Å². The number of carbonyl (C=O) groups is 4. The van der Waals surface area contributed by atoms with Crippen LogP contribution in [0.15, 0.2) is 16.6 Å². The topological polar surface area (TPSA) is 104 Å². The predicted octanol–water partition coefficient (Wildman–Crippen LogP) is 0.556. The molecule has 3 aliphatic heterocycles. The van der Waals surface area contributed by atoms with Gasteiger partial charge in [0.05, 0.1) is 11.1 Å². The highest BCUT2D eigenvalue weighted by atomic mass is 79.9. The van der Waals surface area contributed by atoms with Crippen LogP contribution in [0.5, 0.6) is 5.75 Å². The van der Waals surface area contributed by atoms with Crippen molar-refractivity contribution in [3.8, 4) is 5.75 Å². The maximum absolute atomic E-state index is 12.6. The Morgan fingerprint density at radius 2 is 1.86 bits per heavy atom. The van der Waals surface area contributed by atoms with E-state index in [4.69, 9.17) is 0 Å². The van der Waals surface area contributed by atoms with Gasteiger partial charge >= 0.3 is 0 Å². The Morgan fingerprint density at radius 1 is 1.18 bits per heavy atom. The van der Waals surface area contributed by atoms with E-state index < -0.39 is 23.3 Å². The molecule has 4 aliphatic rings. The van der Waals surface area contributed by atoms with Gasteiger partial charge in [0, 0.05) is 10.4 Å². The lowest BCUT2D eigenvalue weighted by Gasteiger charge is -2.52. The first-order valence-corrected chi connectivity index (χ1v) is 7.41. The van der Waals surface area contributed by atoms with E-state index in [0.717, 1.165) is 4.90 Å². The number of rotatable bonds is 1. The molecule has 112 valence electrons. The van der Waals surface area contributed by atoms with Gasteiger partial charge in [0.25, 0.3) is 17.7 Å². The number of piperidine rings is 2. The van der Waals surface area contributed by atoms with Crippen LogP contribution in [0, 0.1) is 5.92 Å². The molecule has 1 aromatic carbocycles. The minimum absolute atomic E-state index is 0.0550. The number of nitrogens with one attached hydrogen (secondary N) is 1. The normalized spacial score (nSPS) is 29.3. The molecule has 4 amide bonds. The molecule has 2 bridgehead atoms. The molecule has 0 spiro atoms. The molecule has 0 aromatic heterocycles. The van der Waals surface area contributed by atoms with Crippen molar-refractivity contribution in [1.29, 1.82) is 0 Å². The van der Waals surface area contributed by atoms with Gasteiger partial charge in [-0.2, -0.15) is 0 Å². The van der Waals surface area contributed by atoms with E-state index in [1.807, 2.05) is 0 Å². The number of hydrogen-bond acceptors (Lipinski definition) is 5. The van der Waals surface area contributed by atoms with Crippen molar-refractivity contribution in [2.45, 2.75) is 18.4 Å². The van der Waals surface area contributed by atoms with E-state index in [-0.39, 0.29) is 41.5 Å². The zero-order valence-electron chi connectivity index (χ0n) is 11.1. The molecule has 7 nitrogen and oxygen atoms in total. The van der Waals surface area contributed by atoms with Gasteiger partial charge in [0.1, 0.15) is 11.3 Å². The average molecular weight is 365 g/mol. The second-order valence-electron chi connectivity index (χ2n) is 5.75. The number of imide groups is 2. The van der Waals surface area contributed by atoms with Crippen LogP contribution in [-0.2, 0) is 9.59 Å². The molecule has 0 atom stereocenters. The average Bonchev–Trinajstić information content (AvgIpc) is 2.61. The van der Waals surface area contributed by atoms with E-state index in [1.54, 1.807) is 0 Å². The second-order valence-corrected chi connectivity index (χ2v) is 6.61. The molecule has 5 rings (SSSR count). The first-order valence-electron chi connectivity index (χ1n) is 6.62. The third-order valence-corrected chi connectivity index (χ3v) is 5.18. The summed E-state index contributed by atoms with van der Waals surface area (Å²) in [4.78, 5) is 49.9. The maximum Gasteiger partial charge on any atom is 0.263 e. The fraction of sp³-hybridized carbons (Fsp3) is 0.286. The summed E-state index contributed by atoms with van der Waals surface area (Å²) < 4.78 is 0.294. The van der Waals surface area contributed by atoms with Crippen molar-refractivity contribution in [2.75, 3.05) is 0 Å². The molecule has 0 unspecified atom stereocenters. The van der Waals surface area contributed by atoms with Crippen molar-refractivity contribution < 1.29 is 24.3 Å². The molecule has 8 heteroatoms. The number of amides is 4. The Hall–Kier alpha value is -2.22. The number of phenols is 1. The van der Waals surface area contributed by atoms with Gasteiger partial charge in [0.15, 0.2) is 0 Å². The quantitative estimate of drug-likeness (QED) is 0.708. The molecule has 2 N–H and O–H groups in total. The fourth-order valence-electron chi connectivity index (χ4n) is 3.43. The first kappa shape index (κ1) is 13.4. The SMILES string of the molecule is O=C1NC(=O)C2(N3C(=O)c4cc(O)cc(Br)c4C3=O)CC1C2. The summed E-state index contributed by atoms with van der Waals surface area (Å²) in [7, 11) is 0. The Bertz CT molecular complexity index is 797. The molecule has 3 fully saturated rings. The smallest absolute Gasteiger partial charge is 0.263 e. The molecular weight excluding hydrogens is 356 g/mol. The first-order chi connectivity index (χ1) is 10.3. The van der Waals surface area contributed by atoms with Crippen LogP contribution in [-0.4, -0.2) is 39.2 Å². The van der Waals surface area contributed by atoms with Gasteiger partial charge in [-0.15, -0.1) is 0 Å². The van der Waals surface area contributed by atoms with Crippen molar-refractivity contribution in [1.82, 2.24) is 10.2 Å². The third-order valence-electron chi connectivity index (χ3n) is 4.55. The molecule has 1 aromatic rings. The number of phenolic OH excluding ortho intramolecular Hbond substituents is 1. The zero-order chi connectivity index (χ0) is 15.8. The van der Waals surface area contributed by atoms with E-state index in [0.29, 0.717) is 4.47 Å². The van der Waals surface area contributed by atoms with Gasteiger partial charge in [-0.3, -0.25) is 29.4 Å². The number of aromatic hydroxyl groups is 1. The molecule has 1 aliphatic carbocycles. The summed E-state index contributed by atoms with van der Waals surface area (Å²) in [5, 5.41) is 11.8. The van der Waals surface area contributed by atoms with E-state index in [9.17, 15) is 24.3 Å². The summed E-state index contributed by atoms with van der Waals surface area (Å²) in [6.07, 6.45) is 0.319. The van der Waals surface area contributed by atoms with Crippen LogP contribution in [0.1, 0.15) is 33.6 Å². The van der Waals surface area contributed by atoms with Crippen molar-refractivity contribution in [3.05, 3.63) is 27.7 Å². The lowest BCUT2D eigenvalue weighted by Crippen LogP contribution is -2.74. The molecule has 3 heterocycles. The molecule has 2 saturated heterocycles. The van der Waals surface area contributed by atoms with Crippen LogP contribution < -0.4 is 5.32 Å². The molecule has 0 radical (unpaired) electrons. The van der Waals surface area contributed by atoms with Gasteiger partial charge < -0.3 is 5.11 Å².